The number of allylic oxidation sites excluding steroid dienone is 1. The molecule has 0 radical (unpaired) electrons. The van der Waals surface area contributed by atoms with Crippen molar-refractivity contribution in [1.29, 1.82) is 0 Å². The van der Waals surface area contributed by atoms with E-state index in [1.807, 2.05) is 0 Å². The summed E-state index contributed by atoms with van der Waals surface area (Å²) in [5, 5.41) is 8.65. The molecule has 2 atom stereocenters. The Labute approximate surface area is 151 Å². The lowest BCUT2D eigenvalue weighted by atomic mass is 9.89. The molecule has 0 aromatic heterocycles. The van der Waals surface area contributed by atoms with Crippen LogP contribution in [0.3, 0.4) is 0 Å². The zero-order valence-electron chi connectivity index (χ0n) is 15.5. The van der Waals surface area contributed by atoms with E-state index in [9.17, 15) is 9.59 Å². The average molecular weight is 342 g/mol. The molecule has 1 N–H and O–H groups in total. The molecule has 0 bridgehead atoms. The molecule has 3 heteroatoms. The van der Waals surface area contributed by atoms with Gasteiger partial charge >= 0.3 is 5.97 Å². The van der Waals surface area contributed by atoms with Crippen molar-refractivity contribution in [1.82, 2.24) is 0 Å². The number of hydrogen-bond acceptors (Lipinski definition) is 2. The van der Waals surface area contributed by atoms with Crippen molar-refractivity contribution >= 4 is 17.8 Å². The van der Waals surface area contributed by atoms with Crippen molar-refractivity contribution in [2.24, 2.45) is 11.8 Å². The number of benzene rings is 1. The first-order valence-corrected chi connectivity index (χ1v) is 9.46. The number of carboxylic acid groups (broad SMARTS) is 1. The highest BCUT2D eigenvalue weighted by atomic mass is 16.4. The van der Waals surface area contributed by atoms with Gasteiger partial charge in [-0.15, -0.1) is 0 Å². The number of hydrogen-bond donors (Lipinski definition) is 1. The van der Waals surface area contributed by atoms with Crippen molar-refractivity contribution in [3.63, 3.8) is 0 Å². The van der Waals surface area contributed by atoms with E-state index < -0.39 is 5.97 Å². The summed E-state index contributed by atoms with van der Waals surface area (Å²) in [6.07, 6.45) is 11.0. The molecule has 1 aromatic carbocycles. The third-order valence-corrected chi connectivity index (χ3v) is 5.09. The lowest BCUT2D eigenvalue weighted by Gasteiger charge is -2.15. The Bertz CT molecular complexity index is 610. The first-order chi connectivity index (χ1) is 12.0. The van der Waals surface area contributed by atoms with Crippen LogP contribution < -0.4 is 0 Å². The number of rotatable bonds is 9. The summed E-state index contributed by atoms with van der Waals surface area (Å²) >= 11 is 0. The second-order valence-electron chi connectivity index (χ2n) is 7.40. The Morgan fingerprint density at radius 1 is 1.12 bits per heavy atom. The number of aryl methyl sites for hydroxylation is 2. The predicted octanol–water partition coefficient (Wildman–Crippen LogP) is 5.34. The summed E-state index contributed by atoms with van der Waals surface area (Å²) in [7, 11) is 0. The number of Topliss-reactive ketones (excluding diaryl/α,β-unsaturated/α-hetero) is 1. The van der Waals surface area contributed by atoms with Crippen LogP contribution in [0.2, 0.25) is 0 Å². The van der Waals surface area contributed by atoms with Crippen molar-refractivity contribution in [2.45, 2.75) is 65.2 Å². The lowest BCUT2D eigenvalue weighted by molar-refractivity contribution is -0.137. The van der Waals surface area contributed by atoms with Crippen LogP contribution >= 0.6 is 0 Å². The van der Waals surface area contributed by atoms with Crippen LogP contribution in [0.1, 0.15) is 68.1 Å². The topological polar surface area (TPSA) is 54.4 Å². The van der Waals surface area contributed by atoms with Crippen LogP contribution in [0.25, 0.3) is 6.08 Å². The van der Waals surface area contributed by atoms with Gasteiger partial charge in [0, 0.05) is 18.8 Å². The number of carbonyl (C=O) groups excluding carboxylic acids is 1. The molecule has 2 unspecified atom stereocenters. The van der Waals surface area contributed by atoms with Gasteiger partial charge in [-0.05, 0) is 44.6 Å². The minimum absolute atomic E-state index is 0.154. The quantitative estimate of drug-likeness (QED) is 0.617. The maximum Gasteiger partial charge on any atom is 0.303 e. The molecular formula is C22H30O3. The number of carbonyl (C=O) groups is 2. The fraction of sp³-hybridized carbons (Fsp3) is 0.545. The van der Waals surface area contributed by atoms with Crippen LogP contribution in [0.15, 0.2) is 24.3 Å². The third-order valence-electron chi connectivity index (χ3n) is 5.09. The highest BCUT2D eigenvalue weighted by molar-refractivity contribution is 5.84. The molecular weight excluding hydrogens is 312 g/mol. The standard InChI is InChI=1S/C22H30O3/c1-16-13-17(2)15-18(14-16)9-10-19-11-12-21(23)20(19)7-5-3-4-6-8-22(24)25/h9-10,13-15,19-20H,3-8,11-12H2,1-2H3,(H,24,25). The molecule has 136 valence electrons. The summed E-state index contributed by atoms with van der Waals surface area (Å²) in [6, 6.07) is 6.53. The third kappa shape index (κ3) is 6.49. The minimum atomic E-state index is -0.720. The maximum atomic E-state index is 12.2. The van der Waals surface area contributed by atoms with Crippen LogP contribution in [-0.2, 0) is 9.59 Å². The monoisotopic (exact) mass is 342 g/mol. The normalized spacial score (nSPS) is 20.5. The van der Waals surface area contributed by atoms with E-state index in [-0.39, 0.29) is 12.3 Å². The number of unbranched alkanes of at least 4 members (excludes halogenated alkanes) is 3. The zero-order chi connectivity index (χ0) is 18.2. The predicted molar refractivity (Wildman–Crippen MR) is 102 cm³/mol. The van der Waals surface area contributed by atoms with Gasteiger partial charge in [0.15, 0.2) is 0 Å². The molecule has 2 rings (SSSR count). The lowest BCUT2D eigenvalue weighted by Crippen LogP contribution is -2.13. The largest absolute Gasteiger partial charge is 0.481 e. The van der Waals surface area contributed by atoms with Gasteiger partial charge < -0.3 is 5.11 Å². The second kappa shape index (κ2) is 9.55. The zero-order valence-corrected chi connectivity index (χ0v) is 15.5. The molecule has 1 fully saturated rings. The van der Waals surface area contributed by atoms with Crippen molar-refractivity contribution in [3.05, 3.63) is 41.0 Å². The molecule has 1 saturated carbocycles. The van der Waals surface area contributed by atoms with E-state index in [1.165, 1.54) is 16.7 Å². The molecule has 3 nitrogen and oxygen atoms in total. The molecule has 0 heterocycles. The SMILES string of the molecule is Cc1cc(C)cc(C=CC2CCC(=O)C2CCCCCCC(=O)O)c1. The molecule has 0 saturated heterocycles. The fourth-order valence-corrected chi connectivity index (χ4v) is 3.87. The van der Waals surface area contributed by atoms with Gasteiger partial charge in [-0.1, -0.05) is 60.7 Å². The average Bonchev–Trinajstić information content (AvgIpc) is 2.88. The van der Waals surface area contributed by atoms with E-state index in [2.05, 4.69) is 44.2 Å². The van der Waals surface area contributed by atoms with Gasteiger partial charge in [0.2, 0.25) is 0 Å². The summed E-state index contributed by atoms with van der Waals surface area (Å²) < 4.78 is 0. The van der Waals surface area contributed by atoms with E-state index in [0.29, 0.717) is 18.1 Å². The Hall–Kier alpha value is -1.90. The molecule has 0 amide bonds. The minimum Gasteiger partial charge on any atom is -0.481 e. The summed E-state index contributed by atoms with van der Waals surface area (Å²) in [5.74, 6) is 0.192. The fourth-order valence-electron chi connectivity index (χ4n) is 3.87. The van der Waals surface area contributed by atoms with Gasteiger partial charge in [0.1, 0.15) is 5.78 Å². The van der Waals surface area contributed by atoms with Crippen molar-refractivity contribution in [3.8, 4) is 0 Å². The molecule has 0 aliphatic heterocycles. The maximum absolute atomic E-state index is 12.2. The van der Waals surface area contributed by atoms with Gasteiger partial charge in [0.25, 0.3) is 0 Å². The summed E-state index contributed by atoms with van der Waals surface area (Å²) in [6.45, 7) is 4.22. The Morgan fingerprint density at radius 2 is 1.80 bits per heavy atom. The van der Waals surface area contributed by atoms with E-state index in [0.717, 1.165) is 38.5 Å². The first-order valence-electron chi connectivity index (χ1n) is 9.46. The Morgan fingerprint density at radius 3 is 2.48 bits per heavy atom. The van der Waals surface area contributed by atoms with Crippen molar-refractivity contribution < 1.29 is 14.7 Å². The van der Waals surface area contributed by atoms with Crippen LogP contribution in [-0.4, -0.2) is 16.9 Å². The van der Waals surface area contributed by atoms with Gasteiger partial charge in [-0.25, -0.2) is 0 Å². The van der Waals surface area contributed by atoms with Gasteiger partial charge in [-0.2, -0.15) is 0 Å². The Kier molecular flexibility index (Phi) is 7.42. The molecule has 1 aliphatic carbocycles. The number of ketones is 1. The number of aliphatic carboxylic acids is 1. The molecule has 1 aliphatic rings. The molecule has 25 heavy (non-hydrogen) atoms. The van der Waals surface area contributed by atoms with E-state index in [4.69, 9.17) is 5.11 Å². The second-order valence-corrected chi connectivity index (χ2v) is 7.40. The van der Waals surface area contributed by atoms with Crippen LogP contribution in [0, 0.1) is 25.7 Å². The molecule has 0 spiro atoms. The van der Waals surface area contributed by atoms with Gasteiger partial charge in [0.05, 0.1) is 0 Å². The Balaban J connectivity index is 1.84. The summed E-state index contributed by atoms with van der Waals surface area (Å²) in [5.41, 5.74) is 3.74. The summed E-state index contributed by atoms with van der Waals surface area (Å²) in [4.78, 5) is 22.7. The highest BCUT2D eigenvalue weighted by Gasteiger charge is 2.32. The smallest absolute Gasteiger partial charge is 0.303 e. The van der Waals surface area contributed by atoms with Crippen molar-refractivity contribution in [2.75, 3.05) is 0 Å². The van der Waals surface area contributed by atoms with E-state index in [1.54, 1.807) is 0 Å². The van der Waals surface area contributed by atoms with Crippen LogP contribution in [0.4, 0.5) is 0 Å². The van der Waals surface area contributed by atoms with Gasteiger partial charge in [-0.3, -0.25) is 9.59 Å². The van der Waals surface area contributed by atoms with E-state index >= 15 is 0 Å². The first kappa shape index (κ1) is 19.4. The highest BCUT2D eigenvalue weighted by Crippen LogP contribution is 2.34. The number of carboxylic acids is 1. The van der Waals surface area contributed by atoms with Crippen LogP contribution in [0.5, 0.6) is 0 Å². The molecule has 1 aromatic rings.